The summed E-state index contributed by atoms with van der Waals surface area (Å²) in [5.74, 6) is -0.310. The van der Waals surface area contributed by atoms with Crippen molar-refractivity contribution in [3.63, 3.8) is 0 Å². The summed E-state index contributed by atoms with van der Waals surface area (Å²) >= 11 is 0. The Morgan fingerprint density at radius 1 is 0.938 bits per heavy atom. The molecule has 3 aromatic rings. The topological polar surface area (TPSA) is 66.9 Å². The van der Waals surface area contributed by atoms with Crippen LogP contribution in [0.2, 0.25) is 0 Å². The first-order chi connectivity index (χ1) is 15.3. The van der Waals surface area contributed by atoms with Gasteiger partial charge in [-0.25, -0.2) is 12.8 Å². The summed E-state index contributed by atoms with van der Waals surface area (Å²) in [5.41, 5.74) is 1.43. The molecule has 0 saturated heterocycles. The van der Waals surface area contributed by atoms with Crippen molar-refractivity contribution in [1.82, 2.24) is 4.31 Å². The number of sulfonamides is 1. The molecule has 168 valence electrons. The molecule has 3 aromatic carbocycles. The summed E-state index contributed by atoms with van der Waals surface area (Å²) in [6.45, 7) is -0.226. The minimum Gasteiger partial charge on any atom is -0.497 e. The number of hydrogen-bond acceptors (Lipinski definition) is 4. The number of halogens is 1. The fraction of sp³-hybridized carbons (Fsp3) is 0.208. The lowest BCUT2D eigenvalue weighted by molar-refractivity contribution is -0.118. The summed E-state index contributed by atoms with van der Waals surface area (Å²) in [6.07, 6.45) is 0.448. The quantitative estimate of drug-likeness (QED) is 0.492. The molecule has 0 N–H and O–H groups in total. The monoisotopic (exact) mass is 456 g/mol. The zero-order valence-corrected chi connectivity index (χ0v) is 18.8. The van der Waals surface area contributed by atoms with Gasteiger partial charge >= 0.3 is 0 Å². The molecule has 0 fully saturated rings. The van der Waals surface area contributed by atoms with Gasteiger partial charge in [0, 0.05) is 19.3 Å². The van der Waals surface area contributed by atoms with E-state index < -0.39 is 21.7 Å². The van der Waals surface area contributed by atoms with Crippen LogP contribution in [0.4, 0.5) is 10.1 Å². The summed E-state index contributed by atoms with van der Waals surface area (Å²) < 4.78 is 46.2. The van der Waals surface area contributed by atoms with Crippen molar-refractivity contribution in [2.75, 3.05) is 32.1 Å². The molecule has 32 heavy (non-hydrogen) atoms. The Morgan fingerprint density at radius 2 is 1.56 bits per heavy atom. The lowest BCUT2D eigenvalue weighted by Crippen LogP contribution is -2.42. The van der Waals surface area contributed by atoms with Crippen LogP contribution in [-0.2, 0) is 21.2 Å². The number of likely N-dealkylation sites (N-methyl/N-ethyl adjacent to an activating group) is 1. The van der Waals surface area contributed by atoms with Crippen LogP contribution in [0.25, 0.3) is 0 Å². The summed E-state index contributed by atoms with van der Waals surface area (Å²) in [6, 6.07) is 20.9. The van der Waals surface area contributed by atoms with Gasteiger partial charge in [0.15, 0.2) is 0 Å². The van der Waals surface area contributed by atoms with Crippen LogP contribution in [0.15, 0.2) is 83.8 Å². The maximum atomic E-state index is 13.4. The Morgan fingerprint density at radius 3 is 2.16 bits per heavy atom. The summed E-state index contributed by atoms with van der Waals surface area (Å²) in [5, 5.41) is 0. The van der Waals surface area contributed by atoms with E-state index in [0.29, 0.717) is 17.9 Å². The number of methoxy groups -OCH3 is 1. The Balaban J connectivity index is 1.85. The molecule has 3 rings (SSSR count). The third kappa shape index (κ3) is 5.72. The van der Waals surface area contributed by atoms with Crippen LogP contribution >= 0.6 is 0 Å². The Labute approximate surface area is 187 Å². The lowest BCUT2D eigenvalue weighted by atomic mass is 10.1. The third-order valence-electron chi connectivity index (χ3n) is 5.09. The van der Waals surface area contributed by atoms with Crippen LogP contribution in [0, 0.1) is 5.82 Å². The van der Waals surface area contributed by atoms with Gasteiger partial charge in [0.2, 0.25) is 15.9 Å². The van der Waals surface area contributed by atoms with Gasteiger partial charge in [-0.05, 0) is 60.5 Å². The van der Waals surface area contributed by atoms with Gasteiger partial charge in [0.1, 0.15) is 11.6 Å². The highest BCUT2D eigenvalue weighted by Crippen LogP contribution is 2.21. The van der Waals surface area contributed by atoms with Crippen LogP contribution in [0.3, 0.4) is 0 Å². The maximum absolute atomic E-state index is 13.4. The lowest BCUT2D eigenvalue weighted by Gasteiger charge is -2.25. The van der Waals surface area contributed by atoms with Crippen LogP contribution in [0.1, 0.15) is 5.56 Å². The molecule has 8 heteroatoms. The first kappa shape index (κ1) is 23.4. The second-order valence-electron chi connectivity index (χ2n) is 7.18. The van der Waals surface area contributed by atoms with E-state index in [1.807, 2.05) is 30.3 Å². The van der Waals surface area contributed by atoms with Crippen LogP contribution < -0.4 is 9.64 Å². The molecule has 0 aromatic heterocycles. The number of rotatable bonds is 9. The third-order valence-corrected chi connectivity index (χ3v) is 6.95. The first-order valence-electron chi connectivity index (χ1n) is 10.0. The molecule has 0 spiro atoms. The molecule has 0 unspecified atom stereocenters. The minimum atomic E-state index is -3.94. The zero-order chi connectivity index (χ0) is 23.1. The predicted octanol–water partition coefficient (Wildman–Crippen LogP) is 3.73. The highest BCUT2D eigenvalue weighted by molar-refractivity contribution is 7.89. The largest absolute Gasteiger partial charge is 0.497 e. The molecule has 1 amide bonds. The number of nitrogens with zero attached hydrogens (tertiary/aromatic N) is 2. The van der Waals surface area contributed by atoms with Crippen molar-refractivity contribution in [2.45, 2.75) is 11.3 Å². The highest BCUT2D eigenvalue weighted by atomic mass is 32.2. The SMILES string of the molecule is COc1ccc(S(=O)(=O)N(CCc2ccccc2)CC(=O)N(C)c2ccc(F)cc2)cc1. The number of amides is 1. The van der Waals surface area contributed by atoms with Gasteiger partial charge < -0.3 is 9.64 Å². The zero-order valence-electron chi connectivity index (χ0n) is 17.9. The Hall–Kier alpha value is -3.23. The van der Waals surface area contributed by atoms with Gasteiger partial charge in [-0.3, -0.25) is 4.79 Å². The summed E-state index contributed by atoms with van der Waals surface area (Å²) in [4.78, 5) is 14.3. The number of carbonyl (C=O) groups is 1. The average Bonchev–Trinajstić information content (AvgIpc) is 2.82. The van der Waals surface area contributed by atoms with E-state index >= 15 is 0 Å². The van der Waals surface area contributed by atoms with E-state index in [0.717, 1.165) is 5.56 Å². The first-order valence-corrected chi connectivity index (χ1v) is 11.5. The van der Waals surface area contributed by atoms with E-state index in [1.165, 1.54) is 59.8 Å². The van der Waals surface area contributed by atoms with Crippen molar-refractivity contribution < 1.29 is 22.3 Å². The van der Waals surface area contributed by atoms with Crippen LogP contribution in [0.5, 0.6) is 5.75 Å². The van der Waals surface area contributed by atoms with Crippen LogP contribution in [-0.4, -0.2) is 45.9 Å². The van der Waals surface area contributed by atoms with Gasteiger partial charge in [-0.1, -0.05) is 30.3 Å². The van der Waals surface area contributed by atoms with Crippen molar-refractivity contribution in [2.24, 2.45) is 0 Å². The van der Waals surface area contributed by atoms with Gasteiger partial charge in [-0.2, -0.15) is 4.31 Å². The molecule has 0 radical (unpaired) electrons. The molecule has 0 saturated carbocycles. The second kappa shape index (κ2) is 10.4. The van der Waals surface area contributed by atoms with Crippen molar-refractivity contribution >= 4 is 21.6 Å². The highest BCUT2D eigenvalue weighted by Gasteiger charge is 2.28. The second-order valence-corrected chi connectivity index (χ2v) is 9.12. The minimum absolute atomic E-state index is 0.0728. The maximum Gasteiger partial charge on any atom is 0.243 e. The number of hydrogen-bond donors (Lipinski definition) is 0. The number of carbonyl (C=O) groups excluding carboxylic acids is 1. The van der Waals surface area contributed by atoms with Gasteiger partial charge in [0.05, 0.1) is 18.6 Å². The van der Waals surface area contributed by atoms with E-state index in [2.05, 4.69) is 0 Å². The molecule has 0 aliphatic rings. The van der Waals surface area contributed by atoms with Gasteiger partial charge in [0.25, 0.3) is 0 Å². The standard InChI is InChI=1S/C24H25FN2O4S/c1-26(21-10-8-20(25)9-11-21)24(28)18-27(17-16-19-6-4-3-5-7-19)32(29,30)23-14-12-22(31-2)13-15-23/h3-15H,16-18H2,1-2H3. The summed E-state index contributed by atoms with van der Waals surface area (Å²) in [7, 11) is -0.911. The average molecular weight is 457 g/mol. The molecule has 0 aliphatic heterocycles. The predicted molar refractivity (Wildman–Crippen MR) is 122 cm³/mol. The molecule has 0 atom stereocenters. The molecule has 0 heterocycles. The van der Waals surface area contributed by atoms with E-state index in [4.69, 9.17) is 4.74 Å². The molecule has 0 bridgehead atoms. The number of anilines is 1. The molecular formula is C24H25FN2O4S. The number of ether oxygens (including phenoxy) is 1. The van der Waals surface area contributed by atoms with E-state index in [-0.39, 0.29) is 18.0 Å². The van der Waals surface area contributed by atoms with E-state index in [9.17, 15) is 17.6 Å². The smallest absolute Gasteiger partial charge is 0.243 e. The normalized spacial score (nSPS) is 11.4. The van der Waals surface area contributed by atoms with E-state index in [1.54, 1.807) is 12.1 Å². The Bertz CT molecular complexity index is 1130. The molecular weight excluding hydrogens is 431 g/mol. The molecule has 6 nitrogen and oxygen atoms in total. The van der Waals surface area contributed by atoms with Gasteiger partial charge in [-0.15, -0.1) is 0 Å². The van der Waals surface area contributed by atoms with Crippen molar-refractivity contribution in [3.8, 4) is 5.75 Å². The van der Waals surface area contributed by atoms with Crippen molar-refractivity contribution in [1.29, 1.82) is 0 Å². The van der Waals surface area contributed by atoms with Crippen molar-refractivity contribution in [3.05, 3.63) is 90.2 Å². The Kier molecular flexibility index (Phi) is 7.61. The molecule has 0 aliphatic carbocycles. The fourth-order valence-electron chi connectivity index (χ4n) is 3.15. The fourth-order valence-corrected chi connectivity index (χ4v) is 4.54. The number of benzene rings is 3.